The number of nitrogens with one attached hydrogen (secondary N) is 2. The first-order valence-corrected chi connectivity index (χ1v) is 5.97. The summed E-state index contributed by atoms with van der Waals surface area (Å²) in [6.45, 7) is 4.59. The van der Waals surface area contributed by atoms with Crippen molar-refractivity contribution in [1.29, 1.82) is 0 Å². The summed E-state index contributed by atoms with van der Waals surface area (Å²) < 4.78 is 0. The first kappa shape index (κ1) is 13.7. The molecule has 1 aromatic carbocycles. The highest BCUT2D eigenvalue weighted by molar-refractivity contribution is 5.81. The van der Waals surface area contributed by atoms with Gasteiger partial charge in [0.15, 0.2) is 0 Å². The lowest BCUT2D eigenvalue weighted by Crippen LogP contribution is -2.49. The van der Waals surface area contributed by atoms with E-state index in [0.29, 0.717) is 6.54 Å². The minimum atomic E-state index is -0.455. The predicted molar refractivity (Wildman–Crippen MR) is 68.9 cm³/mol. The molecule has 0 saturated heterocycles. The lowest BCUT2D eigenvalue weighted by molar-refractivity contribution is -0.124. The molecule has 0 fully saturated rings. The van der Waals surface area contributed by atoms with Crippen molar-refractivity contribution in [3.05, 3.63) is 35.9 Å². The van der Waals surface area contributed by atoms with Gasteiger partial charge in [0.05, 0.1) is 6.04 Å². The molecule has 1 aromatic rings. The van der Waals surface area contributed by atoms with E-state index >= 15 is 0 Å². The Balaban J connectivity index is 2.29. The number of rotatable bonds is 6. The average Bonchev–Trinajstić information content (AvgIpc) is 2.38. The smallest absolute Gasteiger partial charge is 0.251 e. The van der Waals surface area contributed by atoms with Crippen molar-refractivity contribution in [3.63, 3.8) is 0 Å². The molecule has 0 spiro atoms. The molecule has 1 amide bonds. The second-order valence-electron chi connectivity index (χ2n) is 4.24. The van der Waals surface area contributed by atoms with Crippen molar-refractivity contribution in [3.8, 4) is 0 Å². The first-order valence-electron chi connectivity index (χ1n) is 5.97. The van der Waals surface area contributed by atoms with Gasteiger partial charge in [-0.3, -0.25) is 10.2 Å². The number of hydrazine groups is 1. The van der Waals surface area contributed by atoms with Crippen LogP contribution in [0.25, 0.3) is 0 Å². The van der Waals surface area contributed by atoms with Crippen molar-refractivity contribution >= 4 is 5.91 Å². The highest BCUT2D eigenvalue weighted by atomic mass is 16.2. The zero-order chi connectivity index (χ0) is 12.7. The van der Waals surface area contributed by atoms with Crippen LogP contribution in [0.2, 0.25) is 0 Å². The van der Waals surface area contributed by atoms with Crippen LogP contribution in [0.3, 0.4) is 0 Å². The Kier molecular flexibility index (Phi) is 5.66. The molecule has 17 heavy (non-hydrogen) atoms. The maximum atomic E-state index is 11.6. The molecule has 4 nitrogen and oxygen atoms in total. The van der Waals surface area contributed by atoms with Gasteiger partial charge in [0.1, 0.15) is 0 Å². The van der Waals surface area contributed by atoms with Gasteiger partial charge in [0.25, 0.3) is 5.91 Å². The van der Waals surface area contributed by atoms with E-state index < -0.39 is 6.04 Å². The third kappa shape index (κ3) is 4.54. The summed E-state index contributed by atoms with van der Waals surface area (Å²) in [6, 6.07) is 9.42. The van der Waals surface area contributed by atoms with E-state index in [1.807, 2.05) is 44.2 Å². The Labute approximate surface area is 103 Å². The van der Waals surface area contributed by atoms with E-state index in [2.05, 4.69) is 10.9 Å². The Morgan fingerprint density at radius 2 is 2.00 bits per heavy atom. The number of amides is 1. The van der Waals surface area contributed by atoms with Crippen molar-refractivity contribution in [2.75, 3.05) is 0 Å². The highest BCUT2D eigenvalue weighted by Gasteiger charge is 2.18. The number of nitrogens with two attached hydrogens (primary N) is 1. The van der Waals surface area contributed by atoms with Crippen LogP contribution in [0, 0.1) is 5.92 Å². The normalized spacial score (nSPS) is 14.1. The van der Waals surface area contributed by atoms with Gasteiger partial charge < -0.3 is 5.73 Å². The van der Waals surface area contributed by atoms with Crippen LogP contribution >= 0.6 is 0 Å². The minimum absolute atomic E-state index is 0.157. The van der Waals surface area contributed by atoms with Gasteiger partial charge in [-0.25, -0.2) is 5.43 Å². The summed E-state index contributed by atoms with van der Waals surface area (Å²) >= 11 is 0. The van der Waals surface area contributed by atoms with Crippen molar-refractivity contribution in [2.24, 2.45) is 11.7 Å². The SMILES string of the molecule is CC[C@H](C)[C@H](N)C(=O)NNCc1ccccc1. The summed E-state index contributed by atoms with van der Waals surface area (Å²) in [6.07, 6.45) is 0.896. The van der Waals surface area contributed by atoms with E-state index in [1.54, 1.807) is 0 Å². The summed E-state index contributed by atoms with van der Waals surface area (Å²) in [5.41, 5.74) is 12.4. The van der Waals surface area contributed by atoms with Crippen LogP contribution in [0.4, 0.5) is 0 Å². The van der Waals surface area contributed by atoms with Crippen molar-refractivity contribution in [1.82, 2.24) is 10.9 Å². The van der Waals surface area contributed by atoms with Gasteiger partial charge in [-0.05, 0) is 11.5 Å². The minimum Gasteiger partial charge on any atom is -0.320 e. The van der Waals surface area contributed by atoms with Crippen LogP contribution in [0.15, 0.2) is 30.3 Å². The van der Waals surface area contributed by atoms with Gasteiger partial charge in [-0.2, -0.15) is 0 Å². The first-order chi connectivity index (χ1) is 8.15. The van der Waals surface area contributed by atoms with E-state index in [0.717, 1.165) is 12.0 Å². The molecule has 94 valence electrons. The molecular formula is C13H21N3O. The van der Waals surface area contributed by atoms with Gasteiger partial charge in [0, 0.05) is 6.54 Å². The molecule has 0 aliphatic rings. The molecule has 4 N–H and O–H groups in total. The monoisotopic (exact) mass is 235 g/mol. The van der Waals surface area contributed by atoms with Crippen LogP contribution in [0.5, 0.6) is 0 Å². The molecule has 0 radical (unpaired) electrons. The average molecular weight is 235 g/mol. The number of benzene rings is 1. The molecule has 0 unspecified atom stereocenters. The zero-order valence-corrected chi connectivity index (χ0v) is 10.4. The standard InChI is InChI=1S/C13H21N3O/c1-3-10(2)12(14)13(17)16-15-9-11-7-5-4-6-8-11/h4-8,10,12,15H,3,9,14H2,1-2H3,(H,16,17)/t10-,12-/m0/s1. The number of hydrogen-bond donors (Lipinski definition) is 3. The maximum absolute atomic E-state index is 11.6. The van der Waals surface area contributed by atoms with Crippen LogP contribution < -0.4 is 16.6 Å². The molecule has 0 aliphatic heterocycles. The zero-order valence-electron chi connectivity index (χ0n) is 10.4. The number of carbonyl (C=O) groups excluding carboxylic acids is 1. The van der Waals surface area contributed by atoms with Gasteiger partial charge in [-0.1, -0.05) is 50.6 Å². The van der Waals surface area contributed by atoms with Crippen LogP contribution in [0.1, 0.15) is 25.8 Å². The van der Waals surface area contributed by atoms with E-state index in [-0.39, 0.29) is 11.8 Å². The van der Waals surface area contributed by atoms with Crippen LogP contribution in [-0.4, -0.2) is 11.9 Å². The lowest BCUT2D eigenvalue weighted by Gasteiger charge is -2.18. The maximum Gasteiger partial charge on any atom is 0.251 e. The third-order valence-corrected chi connectivity index (χ3v) is 2.91. The predicted octanol–water partition coefficient (Wildman–Crippen LogP) is 1.18. The molecule has 2 atom stereocenters. The van der Waals surface area contributed by atoms with Gasteiger partial charge >= 0.3 is 0 Å². The molecule has 0 aliphatic carbocycles. The summed E-state index contributed by atoms with van der Waals surface area (Å²) in [4.78, 5) is 11.6. The topological polar surface area (TPSA) is 67.2 Å². The van der Waals surface area contributed by atoms with Crippen LogP contribution in [-0.2, 0) is 11.3 Å². The Morgan fingerprint density at radius 1 is 1.35 bits per heavy atom. The molecule has 0 heterocycles. The summed E-state index contributed by atoms with van der Waals surface area (Å²) in [5, 5.41) is 0. The second kappa shape index (κ2) is 7.04. The summed E-state index contributed by atoms with van der Waals surface area (Å²) in [7, 11) is 0. The van der Waals surface area contributed by atoms with Crippen molar-refractivity contribution < 1.29 is 4.79 Å². The molecule has 1 rings (SSSR count). The molecule has 0 aromatic heterocycles. The fourth-order valence-corrected chi connectivity index (χ4v) is 1.42. The van der Waals surface area contributed by atoms with E-state index in [4.69, 9.17) is 5.73 Å². The highest BCUT2D eigenvalue weighted by Crippen LogP contribution is 2.04. The Morgan fingerprint density at radius 3 is 2.59 bits per heavy atom. The van der Waals surface area contributed by atoms with E-state index in [1.165, 1.54) is 0 Å². The quantitative estimate of drug-likeness (QED) is 0.649. The lowest BCUT2D eigenvalue weighted by atomic mass is 10.00. The second-order valence-corrected chi connectivity index (χ2v) is 4.24. The van der Waals surface area contributed by atoms with E-state index in [9.17, 15) is 4.79 Å². The largest absolute Gasteiger partial charge is 0.320 e. The number of carbonyl (C=O) groups is 1. The molecular weight excluding hydrogens is 214 g/mol. The van der Waals surface area contributed by atoms with Crippen molar-refractivity contribution in [2.45, 2.75) is 32.9 Å². The molecule has 4 heteroatoms. The Hall–Kier alpha value is -1.39. The molecule has 0 bridgehead atoms. The van der Waals surface area contributed by atoms with Gasteiger partial charge in [-0.15, -0.1) is 0 Å². The number of hydrogen-bond acceptors (Lipinski definition) is 3. The summed E-state index contributed by atoms with van der Waals surface area (Å²) in [5.74, 6) is 0.0313. The fourth-order valence-electron chi connectivity index (χ4n) is 1.42. The van der Waals surface area contributed by atoms with Gasteiger partial charge in [0.2, 0.25) is 0 Å². The third-order valence-electron chi connectivity index (χ3n) is 2.91. The fraction of sp³-hybridized carbons (Fsp3) is 0.462. The molecule has 0 saturated carbocycles. The Bertz CT molecular complexity index is 340.